The van der Waals surface area contributed by atoms with Crippen LogP contribution in [0.4, 0.5) is 0 Å². The minimum Gasteiger partial charge on any atom is -0.478 e. The number of carboxylic acids is 1. The smallest absolute Gasteiger partial charge is 0.335 e. The van der Waals surface area contributed by atoms with Gasteiger partial charge in [-0.1, -0.05) is 18.2 Å². The van der Waals surface area contributed by atoms with Gasteiger partial charge in [-0.05, 0) is 30.9 Å². The summed E-state index contributed by atoms with van der Waals surface area (Å²) in [6.07, 6.45) is 3.10. The van der Waals surface area contributed by atoms with E-state index in [0.717, 1.165) is 12.8 Å². The third-order valence-electron chi connectivity index (χ3n) is 4.38. The number of benzene rings is 1. The lowest BCUT2D eigenvalue weighted by Crippen LogP contribution is -2.37. The van der Waals surface area contributed by atoms with Crippen molar-refractivity contribution >= 4 is 17.8 Å². The maximum absolute atomic E-state index is 12.1. The fourth-order valence-corrected chi connectivity index (χ4v) is 3.06. The van der Waals surface area contributed by atoms with Gasteiger partial charge < -0.3 is 15.3 Å². The topological polar surface area (TPSA) is 86.7 Å². The van der Waals surface area contributed by atoms with E-state index >= 15 is 0 Å². The maximum Gasteiger partial charge on any atom is 0.335 e. The van der Waals surface area contributed by atoms with Crippen LogP contribution in [0.3, 0.4) is 0 Å². The van der Waals surface area contributed by atoms with Crippen LogP contribution >= 0.6 is 0 Å². The molecule has 23 heavy (non-hydrogen) atoms. The van der Waals surface area contributed by atoms with Crippen LogP contribution in [0.1, 0.15) is 41.6 Å². The van der Waals surface area contributed by atoms with Gasteiger partial charge in [-0.25, -0.2) is 4.79 Å². The molecule has 0 bridgehead atoms. The highest BCUT2D eigenvalue weighted by molar-refractivity contribution is 5.89. The van der Waals surface area contributed by atoms with Gasteiger partial charge in [-0.15, -0.1) is 0 Å². The van der Waals surface area contributed by atoms with E-state index in [-0.39, 0.29) is 29.8 Å². The van der Waals surface area contributed by atoms with Crippen LogP contribution in [0, 0.1) is 0 Å². The monoisotopic (exact) mass is 316 g/mol. The second-order valence-electron chi connectivity index (χ2n) is 6.21. The summed E-state index contributed by atoms with van der Waals surface area (Å²) in [7, 11) is 0. The van der Waals surface area contributed by atoms with Gasteiger partial charge in [0.05, 0.1) is 11.6 Å². The molecule has 1 saturated heterocycles. The minimum absolute atomic E-state index is 0.119. The molecule has 6 nitrogen and oxygen atoms in total. The summed E-state index contributed by atoms with van der Waals surface area (Å²) in [6.45, 7) is 0.598. The Kier molecular flexibility index (Phi) is 4.32. The summed E-state index contributed by atoms with van der Waals surface area (Å²) < 4.78 is 0. The number of likely N-dealkylation sites (tertiary alicyclic amines) is 1. The van der Waals surface area contributed by atoms with Gasteiger partial charge >= 0.3 is 5.97 Å². The molecule has 0 unspecified atom stereocenters. The zero-order valence-electron chi connectivity index (χ0n) is 12.8. The second kappa shape index (κ2) is 6.40. The molecule has 3 rings (SSSR count). The van der Waals surface area contributed by atoms with Crippen molar-refractivity contribution in [2.24, 2.45) is 0 Å². The quantitative estimate of drug-likeness (QED) is 0.825. The van der Waals surface area contributed by atoms with Crippen molar-refractivity contribution in [2.45, 2.75) is 44.2 Å². The van der Waals surface area contributed by atoms with E-state index in [1.165, 1.54) is 0 Å². The Labute approximate surface area is 134 Å². The predicted octanol–water partition coefficient (Wildman–Crippen LogP) is 1.20. The minimum atomic E-state index is -0.984. The SMILES string of the molecule is O=C(CCc1ccccc1C(=O)O)N[C@@H]1CC(=O)N(C2CC2)C1. The first kappa shape index (κ1) is 15.5. The van der Waals surface area contributed by atoms with Gasteiger partial charge in [-0.3, -0.25) is 9.59 Å². The van der Waals surface area contributed by atoms with Gasteiger partial charge in [0.1, 0.15) is 0 Å². The summed E-state index contributed by atoms with van der Waals surface area (Å²) >= 11 is 0. The van der Waals surface area contributed by atoms with Crippen molar-refractivity contribution in [2.75, 3.05) is 6.54 Å². The predicted molar refractivity (Wildman–Crippen MR) is 83.0 cm³/mol. The molecule has 1 aromatic rings. The van der Waals surface area contributed by atoms with Crippen LogP contribution in [0.25, 0.3) is 0 Å². The molecule has 1 aromatic carbocycles. The van der Waals surface area contributed by atoms with E-state index in [1.807, 2.05) is 4.90 Å². The molecule has 2 aliphatic rings. The van der Waals surface area contributed by atoms with Crippen LogP contribution in [-0.2, 0) is 16.0 Å². The third kappa shape index (κ3) is 3.70. The molecule has 2 amide bonds. The lowest BCUT2D eigenvalue weighted by atomic mass is 10.0. The van der Waals surface area contributed by atoms with Crippen LogP contribution < -0.4 is 5.32 Å². The number of rotatable bonds is 6. The van der Waals surface area contributed by atoms with Crippen LogP contribution in [0.5, 0.6) is 0 Å². The van der Waals surface area contributed by atoms with Crippen molar-refractivity contribution in [1.82, 2.24) is 10.2 Å². The van der Waals surface area contributed by atoms with Crippen molar-refractivity contribution in [3.63, 3.8) is 0 Å². The summed E-state index contributed by atoms with van der Waals surface area (Å²) in [6, 6.07) is 6.97. The first-order valence-electron chi connectivity index (χ1n) is 7.94. The van der Waals surface area contributed by atoms with Gasteiger partial charge in [0.15, 0.2) is 0 Å². The fraction of sp³-hybridized carbons (Fsp3) is 0.471. The second-order valence-corrected chi connectivity index (χ2v) is 6.21. The third-order valence-corrected chi connectivity index (χ3v) is 4.38. The number of carbonyl (C=O) groups excluding carboxylic acids is 2. The van der Waals surface area contributed by atoms with E-state index in [1.54, 1.807) is 24.3 Å². The standard InChI is InChI=1S/C17H20N2O4/c20-15(8-5-11-3-1-2-4-14(11)17(22)23)18-12-9-16(21)19(10-12)13-6-7-13/h1-4,12-13H,5-10H2,(H,18,20)(H,22,23)/t12-/m1/s1. The summed E-state index contributed by atoms with van der Waals surface area (Å²) in [5.41, 5.74) is 0.883. The normalized spacial score (nSPS) is 20.6. The molecule has 1 saturated carbocycles. The van der Waals surface area contributed by atoms with Crippen molar-refractivity contribution in [3.8, 4) is 0 Å². The van der Waals surface area contributed by atoms with Gasteiger partial charge in [0.25, 0.3) is 0 Å². The highest BCUT2D eigenvalue weighted by atomic mass is 16.4. The number of nitrogens with one attached hydrogen (secondary N) is 1. The number of amides is 2. The molecule has 1 aliphatic carbocycles. The Morgan fingerprint density at radius 3 is 2.70 bits per heavy atom. The van der Waals surface area contributed by atoms with Crippen molar-refractivity contribution < 1.29 is 19.5 Å². The van der Waals surface area contributed by atoms with E-state index in [0.29, 0.717) is 31.0 Å². The number of carboxylic acid groups (broad SMARTS) is 1. The van der Waals surface area contributed by atoms with Crippen LogP contribution in [0.2, 0.25) is 0 Å². The Morgan fingerprint density at radius 2 is 2.00 bits per heavy atom. The molecule has 122 valence electrons. The first-order chi connectivity index (χ1) is 11.0. The summed E-state index contributed by atoms with van der Waals surface area (Å²) in [5, 5.41) is 12.0. The fourth-order valence-electron chi connectivity index (χ4n) is 3.06. The Balaban J connectivity index is 1.50. The zero-order chi connectivity index (χ0) is 16.4. The zero-order valence-corrected chi connectivity index (χ0v) is 12.8. The number of aryl methyl sites for hydroxylation is 1. The number of nitrogens with zero attached hydrogens (tertiary/aromatic N) is 1. The Morgan fingerprint density at radius 1 is 1.26 bits per heavy atom. The maximum atomic E-state index is 12.1. The molecule has 0 spiro atoms. The van der Waals surface area contributed by atoms with Crippen molar-refractivity contribution in [1.29, 1.82) is 0 Å². The van der Waals surface area contributed by atoms with Crippen molar-refractivity contribution in [3.05, 3.63) is 35.4 Å². The van der Waals surface area contributed by atoms with Crippen LogP contribution in [-0.4, -0.2) is 46.4 Å². The van der Waals surface area contributed by atoms with Crippen LogP contribution in [0.15, 0.2) is 24.3 Å². The Hall–Kier alpha value is -2.37. The lowest BCUT2D eigenvalue weighted by Gasteiger charge is -2.16. The summed E-state index contributed by atoms with van der Waals surface area (Å²) in [5.74, 6) is -1.00. The number of carbonyl (C=O) groups is 3. The molecule has 0 radical (unpaired) electrons. The molecule has 2 fully saturated rings. The number of aromatic carboxylic acids is 1. The van der Waals surface area contributed by atoms with E-state index in [4.69, 9.17) is 5.11 Å². The van der Waals surface area contributed by atoms with E-state index in [9.17, 15) is 14.4 Å². The average Bonchev–Trinajstić information content (AvgIpc) is 3.29. The molecular formula is C17H20N2O4. The number of hydrogen-bond donors (Lipinski definition) is 2. The van der Waals surface area contributed by atoms with E-state index in [2.05, 4.69) is 5.32 Å². The summed E-state index contributed by atoms with van der Waals surface area (Å²) in [4.78, 5) is 36.9. The lowest BCUT2D eigenvalue weighted by molar-refractivity contribution is -0.128. The average molecular weight is 316 g/mol. The Bertz CT molecular complexity index is 639. The highest BCUT2D eigenvalue weighted by Gasteiger charge is 2.39. The molecule has 6 heteroatoms. The van der Waals surface area contributed by atoms with E-state index < -0.39 is 5.97 Å². The van der Waals surface area contributed by atoms with Gasteiger partial charge in [-0.2, -0.15) is 0 Å². The molecule has 1 atom stereocenters. The molecule has 0 aromatic heterocycles. The van der Waals surface area contributed by atoms with Gasteiger partial charge in [0.2, 0.25) is 11.8 Å². The molecule has 1 aliphatic heterocycles. The molecular weight excluding hydrogens is 296 g/mol. The molecule has 2 N–H and O–H groups in total. The van der Waals surface area contributed by atoms with Gasteiger partial charge in [0, 0.05) is 25.4 Å². The molecule has 1 heterocycles. The first-order valence-corrected chi connectivity index (χ1v) is 7.94. The number of hydrogen-bond acceptors (Lipinski definition) is 3. The largest absolute Gasteiger partial charge is 0.478 e. The highest BCUT2D eigenvalue weighted by Crippen LogP contribution is 2.30.